The van der Waals surface area contributed by atoms with Crippen molar-refractivity contribution in [2.45, 2.75) is 51.7 Å². The second-order valence-electron chi connectivity index (χ2n) is 8.23. The Morgan fingerprint density at radius 2 is 1.97 bits per heavy atom. The molecule has 1 atom stereocenters. The molecule has 1 aromatic carbocycles. The van der Waals surface area contributed by atoms with Gasteiger partial charge in [-0.05, 0) is 52.2 Å². The zero-order valence-corrected chi connectivity index (χ0v) is 17.6. The van der Waals surface area contributed by atoms with E-state index in [0.717, 1.165) is 19.3 Å². The number of hydrogen-bond donors (Lipinski definition) is 1. The minimum absolute atomic E-state index is 0.0945. The van der Waals surface area contributed by atoms with Crippen LogP contribution in [0.3, 0.4) is 0 Å². The van der Waals surface area contributed by atoms with Gasteiger partial charge in [-0.1, -0.05) is 0 Å². The number of alkyl carbamates (subject to hydrolysis) is 1. The van der Waals surface area contributed by atoms with Crippen molar-refractivity contribution in [3.05, 3.63) is 17.7 Å². The maximum absolute atomic E-state index is 13.3. The predicted molar refractivity (Wildman–Crippen MR) is 107 cm³/mol. The number of piperidine rings is 1. The second kappa shape index (κ2) is 8.80. The average Bonchev–Trinajstić information content (AvgIpc) is 2.69. The van der Waals surface area contributed by atoms with Crippen LogP contribution in [0.4, 0.5) is 4.79 Å². The number of carbonyl (C=O) groups is 2. The van der Waals surface area contributed by atoms with E-state index in [-0.39, 0.29) is 11.9 Å². The lowest BCUT2D eigenvalue weighted by atomic mass is 10.0. The number of amides is 2. The number of likely N-dealkylation sites (tertiary alicyclic amines) is 1. The quantitative estimate of drug-likeness (QED) is 0.827. The first-order valence-electron chi connectivity index (χ1n) is 10.0. The molecule has 0 bridgehead atoms. The molecular formula is C21H30N2O6. The Morgan fingerprint density at radius 1 is 1.21 bits per heavy atom. The summed E-state index contributed by atoms with van der Waals surface area (Å²) in [5.74, 6) is 1.40. The van der Waals surface area contributed by atoms with Crippen LogP contribution in [0.1, 0.15) is 50.4 Å². The lowest BCUT2D eigenvalue weighted by Crippen LogP contribution is -2.50. The standard InChI is InChI=1S/C21H30N2O6/c1-21(2,3)29-20(25)22-13-15-7-5-6-8-23(15)19(24)14-11-16(26-4)18-17(12-14)27-9-10-28-18/h11-12,15H,5-10,13H2,1-4H3,(H,22,25). The lowest BCUT2D eigenvalue weighted by Gasteiger charge is -2.36. The van der Waals surface area contributed by atoms with Crippen LogP contribution in [0.5, 0.6) is 17.2 Å². The fraction of sp³-hybridized carbons (Fsp3) is 0.619. The molecule has 8 heteroatoms. The molecule has 160 valence electrons. The van der Waals surface area contributed by atoms with Crippen LogP contribution in [0.15, 0.2) is 12.1 Å². The van der Waals surface area contributed by atoms with E-state index in [0.29, 0.717) is 49.1 Å². The van der Waals surface area contributed by atoms with Gasteiger partial charge in [0.05, 0.1) is 7.11 Å². The third-order valence-corrected chi connectivity index (χ3v) is 4.84. The number of ether oxygens (including phenoxy) is 4. The molecule has 2 aliphatic heterocycles. The molecule has 8 nitrogen and oxygen atoms in total. The van der Waals surface area contributed by atoms with Gasteiger partial charge >= 0.3 is 6.09 Å². The Hall–Kier alpha value is -2.64. The van der Waals surface area contributed by atoms with Gasteiger partial charge in [0.2, 0.25) is 5.75 Å². The topological polar surface area (TPSA) is 86.3 Å². The highest BCUT2D eigenvalue weighted by Gasteiger charge is 2.30. The van der Waals surface area contributed by atoms with Gasteiger partial charge in [0, 0.05) is 24.7 Å². The molecule has 0 saturated carbocycles. The Balaban J connectivity index is 1.73. The van der Waals surface area contributed by atoms with Gasteiger partial charge in [-0.2, -0.15) is 0 Å². The normalized spacial score (nSPS) is 18.8. The van der Waals surface area contributed by atoms with Crippen molar-refractivity contribution in [1.82, 2.24) is 10.2 Å². The summed E-state index contributed by atoms with van der Waals surface area (Å²) in [4.78, 5) is 27.1. The van der Waals surface area contributed by atoms with E-state index in [1.165, 1.54) is 7.11 Å². The highest BCUT2D eigenvalue weighted by Crippen LogP contribution is 2.40. The molecule has 1 saturated heterocycles. The highest BCUT2D eigenvalue weighted by atomic mass is 16.6. The minimum atomic E-state index is -0.562. The summed E-state index contributed by atoms with van der Waals surface area (Å²) in [5, 5.41) is 2.79. The van der Waals surface area contributed by atoms with Crippen molar-refractivity contribution in [1.29, 1.82) is 0 Å². The summed E-state index contributed by atoms with van der Waals surface area (Å²) >= 11 is 0. The molecule has 0 radical (unpaired) electrons. The van der Waals surface area contributed by atoms with Gasteiger partial charge < -0.3 is 29.2 Å². The van der Waals surface area contributed by atoms with Gasteiger partial charge in [-0.3, -0.25) is 4.79 Å². The maximum Gasteiger partial charge on any atom is 0.407 e. The van der Waals surface area contributed by atoms with Crippen LogP contribution in [0.2, 0.25) is 0 Å². The summed E-state index contributed by atoms with van der Waals surface area (Å²) in [6, 6.07) is 3.29. The van der Waals surface area contributed by atoms with Crippen molar-refractivity contribution in [3.63, 3.8) is 0 Å². The van der Waals surface area contributed by atoms with Crippen LogP contribution in [-0.4, -0.2) is 62.0 Å². The summed E-state index contributed by atoms with van der Waals surface area (Å²) < 4.78 is 22.0. The molecule has 2 amide bonds. The molecule has 1 unspecified atom stereocenters. The Kier molecular flexibility index (Phi) is 6.39. The number of carbonyl (C=O) groups excluding carboxylic acids is 2. The SMILES string of the molecule is COc1cc(C(=O)N2CCCCC2CNC(=O)OC(C)(C)C)cc2c1OCCO2. The first-order valence-corrected chi connectivity index (χ1v) is 10.0. The highest BCUT2D eigenvalue weighted by molar-refractivity contribution is 5.96. The fourth-order valence-corrected chi connectivity index (χ4v) is 3.56. The van der Waals surface area contributed by atoms with Crippen LogP contribution in [-0.2, 0) is 4.74 Å². The average molecular weight is 406 g/mol. The smallest absolute Gasteiger partial charge is 0.407 e. The van der Waals surface area contributed by atoms with E-state index in [2.05, 4.69) is 5.32 Å². The fourth-order valence-electron chi connectivity index (χ4n) is 3.56. The van der Waals surface area contributed by atoms with Gasteiger partial charge in [-0.15, -0.1) is 0 Å². The van der Waals surface area contributed by atoms with E-state index >= 15 is 0 Å². The first kappa shape index (κ1) is 21.1. The van der Waals surface area contributed by atoms with Crippen LogP contribution in [0.25, 0.3) is 0 Å². The minimum Gasteiger partial charge on any atom is -0.493 e. The van der Waals surface area contributed by atoms with Gasteiger partial charge in [-0.25, -0.2) is 4.79 Å². The Bertz CT molecular complexity index is 741. The Labute approximate surface area is 171 Å². The van der Waals surface area contributed by atoms with Gasteiger partial charge in [0.25, 0.3) is 5.91 Å². The number of fused-ring (bicyclic) bond motifs is 1. The summed E-state index contributed by atoms with van der Waals surface area (Å²) in [7, 11) is 1.54. The summed E-state index contributed by atoms with van der Waals surface area (Å²) in [6.45, 7) is 7.31. The molecule has 2 aliphatic rings. The number of methoxy groups -OCH3 is 1. The molecule has 1 fully saturated rings. The third kappa shape index (κ3) is 5.25. The molecule has 0 spiro atoms. The number of benzene rings is 1. The summed E-state index contributed by atoms with van der Waals surface area (Å²) in [5.41, 5.74) is -0.0799. The van der Waals surface area contributed by atoms with E-state index in [9.17, 15) is 9.59 Å². The third-order valence-electron chi connectivity index (χ3n) is 4.84. The monoisotopic (exact) mass is 406 g/mol. The molecule has 29 heavy (non-hydrogen) atoms. The van der Waals surface area contributed by atoms with E-state index in [1.54, 1.807) is 12.1 Å². The van der Waals surface area contributed by atoms with Crippen LogP contribution >= 0.6 is 0 Å². The van der Waals surface area contributed by atoms with Crippen molar-refractivity contribution in [2.75, 3.05) is 33.4 Å². The van der Waals surface area contributed by atoms with E-state index in [4.69, 9.17) is 18.9 Å². The number of nitrogens with one attached hydrogen (secondary N) is 1. The van der Waals surface area contributed by atoms with E-state index in [1.807, 2.05) is 25.7 Å². The largest absolute Gasteiger partial charge is 0.493 e. The molecule has 2 heterocycles. The van der Waals surface area contributed by atoms with E-state index < -0.39 is 11.7 Å². The van der Waals surface area contributed by atoms with Crippen molar-refractivity contribution in [3.8, 4) is 17.2 Å². The molecule has 0 aliphatic carbocycles. The first-order chi connectivity index (χ1) is 13.8. The van der Waals surface area contributed by atoms with Crippen LogP contribution < -0.4 is 19.5 Å². The van der Waals surface area contributed by atoms with Crippen molar-refractivity contribution >= 4 is 12.0 Å². The summed E-state index contributed by atoms with van der Waals surface area (Å²) in [6.07, 6.45) is 2.28. The number of hydrogen-bond acceptors (Lipinski definition) is 6. The number of nitrogens with zero attached hydrogens (tertiary/aromatic N) is 1. The Morgan fingerprint density at radius 3 is 2.69 bits per heavy atom. The molecule has 0 aromatic heterocycles. The zero-order valence-electron chi connectivity index (χ0n) is 17.6. The van der Waals surface area contributed by atoms with Crippen molar-refractivity contribution in [2.24, 2.45) is 0 Å². The number of rotatable bonds is 4. The zero-order chi connectivity index (χ0) is 21.0. The predicted octanol–water partition coefficient (Wildman–Crippen LogP) is 2.99. The van der Waals surface area contributed by atoms with Gasteiger partial charge in [0.1, 0.15) is 18.8 Å². The lowest BCUT2D eigenvalue weighted by molar-refractivity contribution is 0.0462. The molecule has 3 rings (SSSR count). The van der Waals surface area contributed by atoms with Gasteiger partial charge in [0.15, 0.2) is 11.5 Å². The van der Waals surface area contributed by atoms with Crippen molar-refractivity contribution < 1.29 is 28.5 Å². The van der Waals surface area contributed by atoms with Crippen LogP contribution in [0, 0.1) is 0 Å². The molecule has 1 aromatic rings. The second-order valence-corrected chi connectivity index (χ2v) is 8.23. The maximum atomic E-state index is 13.3. The molecule has 1 N–H and O–H groups in total. The molecular weight excluding hydrogens is 376 g/mol.